The quantitative estimate of drug-likeness (QED) is 0.611. The van der Waals surface area contributed by atoms with Crippen LogP contribution in [-0.2, 0) is 14.8 Å². The number of esters is 1. The van der Waals surface area contributed by atoms with E-state index >= 15 is 0 Å². The highest BCUT2D eigenvalue weighted by Crippen LogP contribution is 2.31. The van der Waals surface area contributed by atoms with Gasteiger partial charge < -0.3 is 14.3 Å². The third-order valence-electron chi connectivity index (χ3n) is 4.50. The summed E-state index contributed by atoms with van der Waals surface area (Å²) in [5.41, 5.74) is 0.710. The number of carboxylic acids is 1. The number of furan rings is 1. The maximum atomic E-state index is 13.1. The molecular weight excluding hydrogens is 398 g/mol. The van der Waals surface area contributed by atoms with Crippen LogP contribution < -0.4 is 4.31 Å². The van der Waals surface area contributed by atoms with Crippen molar-refractivity contribution >= 4 is 38.6 Å². The predicted molar refractivity (Wildman–Crippen MR) is 106 cm³/mol. The third kappa shape index (κ3) is 3.56. The van der Waals surface area contributed by atoms with Crippen molar-refractivity contribution in [3.8, 4) is 0 Å². The molecule has 29 heavy (non-hydrogen) atoms. The number of fused-ring (bicyclic) bond motifs is 1. The molecule has 152 valence electrons. The lowest BCUT2D eigenvalue weighted by molar-refractivity contribution is 0.0491. The van der Waals surface area contributed by atoms with Gasteiger partial charge in [-0.15, -0.1) is 0 Å². The number of rotatable bonds is 6. The number of benzene rings is 2. The lowest BCUT2D eigenvalue weighted by Gasteiger charge is -2.21. The van der Waals surface area contributed by atoms with E-state index in [0.29, 0.717) is 16.5 Å². The van der Waals surface area contributed by atoms with E-state index < -0.39 is 22.0 Å². The average Bonchev–Trinajstić information content (AvgIpc) is 3.03. The molecular formula is C20H19NO7S. The number of carbonyl (C=O) groups is 2. The van der Waals surface area contributed by atoms with Gasteiger partial charge in [0.2, 0.25) is 5.76 Å². The molecule has 0 aliphatic heterocycles. The van der Waals surface area contributed by atoms with Crippen molar-refractivity contribution in [3.63, 3.8) is 0 Å². The van der Waals surface area contributed by atoms with Gasteiger partial charge in [0, 0.05) is 18.0 Å². The molecule has 9 heteroatoms. The second-order valence-electron chi connectivity index (χ2n) is 6.23. The van der Waals surface area contributed by atoms with Crippen LogP contribution in [-0.4, -0.2) is 39.1 Å². The number of nitrogens with zero attached hydrogens (tertiary/aromatic N) is 1. The lowest BCUT2D eigenvalue weighted by atomic mass is 10.1. The molecule has 1 aromatic heterocycles. The zero-order chi connectivity index (χ0) is 21.3. The maximum Gasteiger partial charge on any atom is 0.374 e. The summed E-state index contributed by atoms with van der Waals surface area (Å²) in [5, 5.41) is 9.80. The van der Waals surface area contributed by atoms with Gasteiger partial charge in [0.05, 0.1) is 22.8 Å². The van der Waals surface area contributed by atoms with Gasteiger partial charge in [-0.05, 0) is 44.2 Å². The van der Waals surface area contributed by atoms with E-state index in [4.69, 9.17) is 9.15 Å². The van der Waals surface area contributed by atoms with E-state index in [2.05, 4.69) is 0 Å². The van der Waals surface area contributed by atoms with Gasteiger partial charge in [0.1, 0.15) is 5.58 Å². The van der Waals surface area contributed by atoms with Crippen LogP contribution in [0.25, 0.3) is 11.0 Å². The SMILES string of the molecule is CCOC(=O)c1oc2ccc(S(=O)(=O)N(C)c3ccccc3C(=O)O)cc2c1C. The van der Waals surface area contributed by atoms with E-state index in [0.717, 1.165) is 4.31 Å². The molecule has 1 N–H and O–H groups in total. The molecule has 0 unspecified atom stereocenters. The largest absolute Gasteiger partial charge is 0.478 e. The second kappa shape index (κ2) is 7.59. The first kappa shape index (κ1) is 20.4. The number of para-hydroxylation sites is 1. The van der Waals surface area contributed by atoms with Gasteiger partial charge in [-0.1, -0.05) is 12.1 Å². The van der Waals surface area contributed by atoms with Gasteiger partial charge in [-0.2, -0.15) is 0 Å². The Bertz CT molecular complexity index is 1210. The fourth-order valence-corrected chi connectivity index (χ4v) is 4.21. The van der Waals surface area contributed by atoms with E-state index in [1.54, 1.807) is 19.9 Å². The zero-order valence-electron chi connectivity index (χ0n) is 16.0. The molecule has 3 aromatic rings. The number of carbonyl (C=O) groups excluding carboxylic acids is 1. The first-order valence-electron chi connectivity index (χ1n) is 8.70. The van der Waals surface area contributed by atoms with Crippen molar-refractivity contribution in [1.82, 2.24) is 0 Å². The van der Waals surface area contributed by atoms with Crippen LogP contribution in [0.1, 0.15) is 33.4 Å². The van der Waals surface area contributed by atoms with E-state index in [9.17, 15) is 23.1 Å². The minimum absolute atomic E-state index is 0.0148. The summed E-state index contributed by atoms with van der Waals surface area (Å²) in [6.45, 7) is 3.49. The second-order valence-corrected chi connectivity index (χ2v) is 8.20. The summed E-state index contributed by atoms with van der Waals surface area (Å²) >= 11 is 0. The summed E-state index contributed by atoms with van der Waals surface area (Å²) < 4.78 is 37.6. The summed E-state index contributed by atoms with van der Waals surface area (Å²) in [5.74, 6) is -1.85. The smallest absolute Gasteiger partial charge is 0.374 e. The van der Waals surface area contributed by atoms with E-state index in [1.807, 2.05) is 0 Å². The average molecular weight is 417 g/mol. The molecule has 0 fully saturated rings. The van der Waals surface area contributed by atoms with Gasteiger partial charge in [0.15, 0.2) is 0 Å². The number of ether oxygens (including phenoxy) is 1. The van der Waals surface area contributed by atoms with Crippen molar-refractivity contribution in [2.75, 3.05) is 18.0 Å². The highest BCUT2D eigenvalue weighted by Gasteiger charge is 2.27. The Balaban J connectivity index is 2.09. The molecule has 1 heterocycles. The van der Waals surface area contributed by atoms with Crippen LogP contribution in [0.3, 0.4) is 0 Å². The fraction of sp³-hybridized carbons (Fsp3) is 0.200. The number of anilines is 1. The van der Waals surface area contributed by atoms with E-state index in [-0.39, 0.29) is 28.5 Å². The molecule has 0 aliphatic carbocycles. The highest BCUT2D eigenvalue weighted by atomic mass is 32.2. The van der Waals surface area contributed by atoms with Gasteiger partial charge >= 0.3 is 11.9 Å². The van der Waals surface area contributed by atoms with Crippen LogP contribution in [0.4, 0.5) is 5.69 Å². The third-order valence-corrected chi connectivity index (χ3v) is 6.27. The molecule has 0 atom stereocenters. The zero-order valence-corrected chi connectivity index (χ0v) is 16.8. The van der Waals surface area contributed by atoms with Gasteiger partial charge in [0.25, 0.3) is 10.0 Å². The number of hydrogen-bond donors (Lipinski definition) is 1. The lowest BCUT2D eigenvalue weighted by Crippen LogP contribution is -2.28. The first-order chi connectivity index (χ1) is 13.7. The fourth-order valence-electron chi connectivity index (χ4n) is 2.97. The standard InChI is InChI=1S/C20H19NO7S/c1-4-27-20(24)18-12(2)15-11-13(9-10-17(15)28-18)29(25,26)21(3)16-8-6-5-7-14(16)19(22)23/h5-11H,4H2,1-3H3,(H,22,23). The molecule has 0 saturated carbocycles. The van der Waals surface area contributed by atoms with Crippen molar-refractivity contribution < 1.29 is 32.3 Å². The minimum atomic E-state index is -4.07. The van der Waals surface area contributed by atoms with Crippen LogP contribution in [0.15, 0.2) is 51.8 Å². The Hall–Kier alpha value is -3.33. The number of carboxylic acid groups (broad SMARTS) is 1. The van der Waals surface area contributed by atoms with Gasteiger partial charge in [-0.3, -0.25) is 4.31 Å². The monoisotopic (exact) mass is 417 g/mol. The summed E-state index contributed by atoms with van der Waals surface area (Å²) in [7, 11) is -2.78. The number of aromatic carboxylic acids is 1. The molecule has 8 nitrogen and oxygen atoms in total. The minimum Gasteiger partial charge on any atom is -0.478 e. The number of sulfonamides is 1. The van der Waals surface area contributed by atoms with Crippen LogP contribution in [0, 0.1) is 6.92 Å². The molecule has 0 saturated heterocycles. The molecule has 0 radical (unpaired) electrons. The Morgan fingerprint density at radius 1 is 1.17 bits per heavy atom. The Labute approximate surface area is 167 Å². The summed E-state index contributed by atoms with van der Waals surface area (Å²) in [6, 6.07) is 10.0. The van der Waals surface area contributed by atoms with Crippen molar-refractivity contribution in [2.24, 2.45) is 0 Å². The Kier molecular flexibility index (Phi) is 5.34. The molecule has 0 bridgehead atoms. The van der Waals surface area contributed by atoms with E-state index in [1.165, 1.54) is 43.4 Å². The van der Waals surface area contributed by atoms with Crippen LogP contribution >= 0.6 is 0 Å². The van der Waals surface area contributed by atoms with Crippen LogP contribution in [0.5, 0.6) is 0 Å². The van der Waals surface area contributed by atoms with Crippen molar-refractivity contribution in [1.29, 1.82) is 0 Å². The number of hydrogen-bond acceptors (Lipinski definition) is 6. The van der Waals surface area contributed by atoms with Crippen molar-refractivity contribution in [2.45, 2.75) is 18.7 Å². The molecule has 0 spiro atoms. The molecule has 2 aromatic carbocycles. The normalized spacial score (nSPS) is 11.4. The van der Waals surface area contributed by atoms with Gasteiger partial charge in [-0.25, -0.2) is 18.0 Å². The molecule has 0 aliphatic rings. The van der Waals surface area contributed by atoms with Crippen molar-refractivity contribution in [3.05, 3.63) is 59.4 Å². The molecule has 0 amide bonds. The Morgan fingerprint density at radius 3 is 2.52 bits per heavy atom. The highest BCUT2D eigenvalue weighted by molar-refractivity contribution is 7.92. The topological polar surface area (TPSA) is 114 Å². The first-order valence-corrected chi connectivity index (χ1v) is 10.1. The predicted octanol–water partition coefficient (Wildman–Crippen LogP) is 3.44. The summed E-state index contributed by atoms with van der Waals surface area (Å²) in [4.78, 5) is 23.4. The number of aryl methyl sites for hydroxylation is 1. The summed E-state index contributed by atoms with van der Waals surface area (Å²) in [6.07, 6.45) is 0. The molecule has 3 rings (SSSR count). The maximum absolute atomic E-state index is 13.1. The Morgan fingerprint density at radius 2 is 1.86 bits per heavy atom. The van der Waals surface area contributed by atoms with Crippen LogP contribution in [0.2, 0.25) is 0 Å².